The summed E-state index contributed by atoms with van der Waals surface area (Å²) in [7, 11) is 0. The molecule has 0 heterocycles. The van der Waals surface area contributed by atoms with Gasteiger partial charge in [0.05, 0.1) is 15.7 Å². The predicted octanol–water partition coefficient (Wildman–Crippen LogP) is 4.62. The van der Waals surface area contributed by atoms with E-state index in [1.807, 2.05) is 24.3 Å². The summed E-state index contributed by atoms with van der Waals surface area (Å²) in [6.45, 7) is -0.158. The number of rotatable bonds is 4. The third kappa shape index (κ3) is 4.01. The minimum atomic E-state index is -0.273. The summed E-state index contributed by atoms with van der Waals surface area (Å²) in [5.74, 6) is 0.0406. The Bertz CT molecular complexity index is 614. The van der Waals surface area contributed by atoms with Crippen LogP contribution in [-0.2, 0) is 4.79 Å². The molecule has 104 valence electrons. The predicted molar refractivity (Wildman–Crippen MR) is 89.7 cm³/mol. The second-order valence-corrected chi connectivity index (χ2v) is 5.84. The van der Waals surface area contributed by atoms with Crippen molar-refractivity contribution in [1.29, 1.82) is 0 Å². The molecule has 2 aromatic carbocycles. The Morgan fingerprint density at radius 2 is 1.75 bits per heavy atom. The fourth-order valence-corrected chi connectivity index (χ4v) is 2.54. The van der Waals surface area contributed by atoms with Gasteiger partial charge in [0.1, 0.15) is 0 Å². The van der Waals surface area contributed by atoms with Crippen LogP contribution in [0.2, 0.25) is 10.0 Å². The molecule has 0 saturated heterocycles. The molecule has 0 unspecified atom stereocenters. The van der Waals surface area contributed by atoms with Crippen LogP contribution in [0.1, 0.15) is 0 Å². The van der Waals surface area contributed by atoms with Crippen molar-refractivity contribution >= 4 is 57.4 Å². The van der Waals surface area contributed by atoms with Crippen molar-refractivity contribution in [1.82, 2.24) is 0 Å². The van der Waals surface area contributed by atoms with Crippen molar-refractivity contribution in [3.05, 3.63) is 56.1 Å². The third-order valence-electron chi connectivity index (χ3n) is 2.41. The van der Waals surface area contributed by atoms with E-state index >= 15 is 0 Å². The van der Waals surface area contributed by atoms with Gasteiger partial charge in [0.15, 0.2) is 12.4 Å². The Labute approximate surface area is 140 Å². The van der Waals surface area contributed by atoms with Crippen LogP contribution in [-0.4, -0.2) is 12.5 Å². The maximum absolute atomic E-state index is 11.8. The molecule has 0 fully saturated rings. The molecule has 0 aliphatic carbocycles. The summed E-state index contributed by atoms with van der Waals surface area (Å²) >= 11 is 14.1. The monoisotopic (exact) mass is 421 g/mol. The Hall–Kier alpha value is -0.980. The number of hydrogen-bond donors (Lipinski definition) is 1. The highest BCUT2D eigenvalue weighted by Crippen LogP contribution is 2.32. The minimum Gasteiger partial charge on any atom is -0.481 e. The van der Waals surface area contributed by atoms with E-state index in [2.05, 4.69) is 27.9 Å². The number of anilines is 1. The summed E-state index contributed by atoms with van der Waals surface area (Å²) in [5, 5.41) is 3.51. The molecule has 20 heavy (non-hydrogen) atoms. The van der Waals surface area contributed by atoms with Crippen LogP contribution in [0, 0.1) is 3.57 Å². The summed E-state index contributed by atoms with van der Waals surface area (Å²) < 4.78 is 6.32. The summed E-state index contributed by atoms with van der Waals surface area (Å²) in [4.78, 5) is 11.8. The smallest absolute Gasteiger partial charge is 0.262 e. The molecule has 0 aliphatic heterocycles. The first kappa shape index (κ1) is 15.4. The first-order chi connectivity index (χ1) is 9.58. The zero-order valence-electron chi connectivity index (χ0n) is 10.2. The van der Waals surface area contributed by atoms with Crippen LogP contribution in [0.3, 0.4) is 0 Å². The van der Waals surface area contributed by atoms with Gasteiger partial charge in [-0.2, -0.15) is 0 Å². The van der Waals surface area contributed by atoms with Crippen LogP contribution in [0.25, 0.3) is 0 Å². The highest BCUT2D eigenvalue weighted by molar-refractivity contribution is 14.1. The van der Waals surface area contributed by atoms with E-state index in [4.69, 9.17) is 27.9 Å². The molecule has 6 heteroatoms. The number of ether oxygens (including phenoxy) is 1. The van der Waals surface area contributed by atoms with Crippen LogP contribution < -0.4 is 10.1 Å². The molecular weight excluding hydrogens is 412 g/mol. The Balaban J connectivity index is 1.98. The molecule has 0 spiro atoms. The zero-order valence-corrected chi connectivity index (χ0v) is 13.9. The molecule has 2 aromatic rings. The van der Waals surface area contributed by atoms with Crippen molar-refractivity contribution in [2.24, 2.45) is 0 Å². The molecule has 1 N–H and O–H groups in total. The molecule has 1 amide bonds. The number of para-hydroxylation sites is 2. The topological polar surface area (TPSA) is 38.3 Å². The van der Waals surface area contributed by atoms with Gasteiger partial charge in [-0.05, 0) is 46.9 Å². The van der Waals surface area contributed by atoms with Gasteiger partial charge in [-0.15, -0.1) is 0 Å². The fraction of sp³-hybridized carbons (Fsp3) is 0.0714. The molecule has 3 nitrogen and oxygen atoms in total. The molecular formula is C14H10Cl2INO2. The van der Waals surface area contributed by atoms with E-state index in [1.165, 1.54) is 0 Å². The first-order valence-electron chi connectivity index (χ1n) is 5.69. The molecule has 0 radical (unpaired) electrons. The lowest BCUT2D eigenvalue weighted by molar-refractivity contribution is -0.118. The van der Waals surface area contributed by atoms with Gasteiger partial charge in [-0.3, -0.25) is 4.79 Å². The van der Waals surface area contributed by atoms with Gasteiger partial charge in [0.2, 0.25) is 0 Å². The van der Waals surface area contributed by atoms with E-state index in [0.717, 1.165) is 9.26 Å². The molecule has 2 rings (SSSR count). The quantitative estimate of drug-likeness (QED) is 0.731. The third-order valence-corrected chi connectivity index (χ3v) is 3.95. The first-order valence-corrected chi connectivity index (χ1v) is 7.52. The minimum absolute atomic E-state index is 0.158. The van der Waals surface area contributed by atoms with Crippen LogP contribution >= 0.6 is 45.8 Å². The summed E-state index contributed by atoms with van der Waals surface area (Å²) in [6.07, 6.45) is 0. The second-order valence-electron chi connectivity index (χ2n) is 3.87. The van der Waals surface area contributed by atoms with Crippen molar-refractivity contribution in [3.8, 4) is 5.75 Å². The maximum Gasteiger partial charge on any atom is 0.262 e. The Morgan fingerprint density at radius 3 is 2.40 bits per heavy atom. The zero-order chi connectivity index (χ0) is 14.5. The lowest BCUT2D eigenvalue weighted by atomic mass is 10.3. The number of hydrogen-bond acceptors (Lipinski definition) is 2. The molecule has 0 bridgehead atoms. The van der Waals surface area contributed by atoms with Crippen LogP contribution in [0.4, 0.5) is 5.69 Å². The second kappa shape index (κ2) is 7.15. The maximum atomic E-state index is 11.8. The lowest BCUT2D eigenvalue weighted by Crippen LogP contribution is -2.20. The average Bonchev–Trinajstić information content (AvgIpc) is 2.41. The van der Waals surface area contributed by atoms with Crippen molar-refractivity contribution in [2.75, 3.05) is 11.9 Å². The van der Waals surface area contributed by atoms with E-state index in [9.17, 15) is 4.79 Å². The standard InChI is InChI=1S/C14H10Cl2INO2/c15-9-4-3-5-10(16)14(9)20-8-13(19)18-12-7-2-1-6-11(12)17/h1-7H,8H2,(H,18,19). The SMILES string of the molecule is O=C(COc1c(Cl)cccc1Cl)Nc1ccccc1I. The van der Waals surface area contributed by atoms with Gasteiger partial charge in [-0.1, -0.05) is 41.4 Å². The summed E-state index contributed by atoms with van der Waals surface area (Å²) in [6, 6.07) is 12.5. The number of carbonyl (C=O) groups is 1. The Morgan fingerprint density at radius 1 is 1.10 bits per heavy atom. The molecule has 0 aromatic heterocycles. The highest BCUT2D eigenvalue weighted by Gasteiger charge is 2.10. The van der Waals surface area contributed by atoms with Gasteiger partial charge in [0, 0.05) is 3.57 Å². The fourth-order valence-electron chi connectivity index (χ4n) is 1.51. The van der Waals surface area contributed by atoms with E-state index in [0.29, 0.717) is 15.8 Å². The average molecular weight is 422 g/mol. The van der Waals surface area contributed by atoms with Gasteiger partial charge < -0.3 is 10.1 Å². The van der Waals surface area contributed by atoms with Crippen molar-refractivity contribution in [3.63, 3.8) is 0 Å². The number of benzene rings is 2. The van der Waals surface area contributed by atoms with Gasteiger partial charge in [0.25, 0.3) is 5.91 Å². The molecule has 0 atom stereocenters. The highest BCUT2D eigenvalue weighted by atomic mass is 127. The number of carbonyl (C=O) groups excluding carboxylic acids is 1. The number of amides is 1. The van der Waals surface area contributed by atoms with Crippen molar-refractivity contribution in [2.45, 2.75) is 0 Å². The molecule has 0 saturated carbocycles. The normalized spacial score (nSPS) is 10.2. The van der Waals surface area contributed by atoms with Gasteiger partial charge >= 0.3 is 0 Å². The summed E-state index contributed by atoms with van der Waals surface area (Å²) in [5.41, 5.74) is 0.743. The van der Waals surface area contributed by atoms with Gasteiger partial charge in [-0.25, -0.2) is 0 Å². The van der Waals surface area contributed by atoms with E-state index < -0.39 is 0 Å². The van der Waals surface area contributed by atoms with E-state index in [-0.39, 0.29) is 12.5 Å². The lowest BCUT2D eigenvalue weighted by Gasteiger charge is -2.10. The van der Waals surface area contributed by atoms with E-state index in [1.54, 1.807) is 18.2 Å². The van der Waals surface area contributed by atoms with Crippen LogP contribution in [0.15, 0.2) is 42.5 Å². The van der Waals surface area contributed by atoms with Crippen LogP contribution in [0.5, 0.6) is 5.75 Å². The molecule has 0 aliphatic rings. The Kier molecular flexibility index (Phi) is 5.51. The number of halogens is 3. The van der Waals surface area contributed by atoms with Crippen molar-refractivity contribution < 1.29 is 9.53 Å². The largest absolute Gasteiger partial charge is 0.481 e. The number of nitrogens with one attached hydrogen (secondary N) is 1.